The molecule has 0 radical (unpaired) electrons. The van der Waals surface area contributed by atoms with Gasteiger partial charge in [-0.15, -0.1) is 0 Å². The lowest BCUT2D eigenvalue weighted by molar-refractivity contribution is -0.143. The van der Waals surface area contributed by atoms with E-state index in [1.165, 1.54) is 4.31 Å². The molecule has 0 saturated carbocycles. The van der Waals surface area contributed by atoms with Gasteiger partial charge in [-0.25, -0.2) is 8.42 Å². The molecule has 0 aliphatic carbocycles. The van der Waals surface area contributed by atoms with Crippen molar-refractivity contribution < 1.29 is 22.7 Å². The third-order valence-electron chi connectivity index (χ3n) is 5.90. The van der Waals surface area contributed by atoms with Gasteiger partial charge in [0, 0.05) is 45.2 Å². The number of ether oxygens (including phenoxy) is 1. The number of carbonyl (C=O) groups is 2. The van der Waals surface area contributed by atoms with Crippen LogP contribution < -0.4 is 4.74 Å². The van der Waals surface area contributed by atoms with Crippen LogP contribution in [-0.4, -0.2) is 80.2 Å². The molecule has 2 amide bonds. The number of benzene rings is 1. The average molecular weight is 452 g/mol. The number of sulfonamides is 1. The molecule has 1 aromatic carbocycles. The van der Waals surface area contributed by atoms with Gasteiger partial charge >= 0.3 is 0 Å². The zero-order chi connectivity index (χ0) is 22.6. The van der Waals surface area contributed by atoms with E-state index in [4.69, 9.17) is 4.74 Å². The number of hydrogen-bond acceptors (Lipinski definition) is 5. The number of carbonyl (C=O) groups excluding carboxylic acids is 2. The number of amides is 2. The summed E-state index contributed by atoms with van der Waals surface area (Å²) >= 11 is 0. The number of rotatable bonds is 6. The van der Waals surface area contributed by atoms with E-state index < -0.39 is 10.0 Å². The van der Waals surface area contributed by atoms with Crippen LogP contribution in [0.2, 0.25) is 0 Å². The molecule has 2 saturated heterocycles. The molecular formula is C22H33N3O5S. The summed E-state index contributed by atoms with van der Waals surface area (Å²) in [4.78, 5) is 29.1. The van der Waals surface area contributed by atoms with Crippen molar-refractivity contribution in [1.82, 2.24) is 14.1 Å². The van der Waals surface area contributed by atoms with Crippen LogP contribution in [0, 0.1) is 11.8 Å². The highest BCUT2D eigenvalue weighted by Gasteiger charge is 2.35. The Hall–Kier alpha value is -2.13. The van der Waals surface area contributed by atoms with Crippen LogP contribution in [0.4, 0.5) is 0 Å². The van der Waals surface area contributed by atoms with Gasteiger partial charge in [0.1, 0.15) is 5.75 Å². The molecule has 1 unspecified atom stereocenters. The standard InChI is InChI=1S/C22H33N3O5S/c1-4-30-19-7-9-20(10-8-19)31(28,29)25-14-12-23(13-15-25)22(27)18-6-5-11-24(16-18)21(26)17(2)3/h7-10,17-18H,4-6,11-16H2,1-3H3. The highest BCUT2D eigenvalue weighted by atomic mass is 32.2. The average Bonchev–Trinajstić information content (AvgIpc) is 2.78. The number of nitrogens with zero attached hydrogens (tertiary/aromatic N) is 3. The van der Waals surface area contributed by atoms with Gasteiger partial charge in [0.25, 0.3) is 0 Å². The summed E-state index contributed by atoms with van der Waals surface area (Å²) in [7, 11) is -3.61. The Morgan fingerprint density at radius 3 is 2.26 bits per heavy atom. The molecule has 2 aliphatic rings. The lowest BCUT2D eigenvalue weighted by atomic mass is 9.95. The second-order valence-electron chi connectivity index (χ2n) is 8.41. The summed E-state index contributed by atoms with van der Waals surface area (Å²) in [5.74, 6) is 0.466. The summed E-state index contributed by atoms with van der Waals surface area (Å²) in [6, 6.07) is 6.42. The molecule has 172 valence electrons. The van der Waals surface area contributed by atoms with Crippen molar-refractivity contribution in [3.63, 3.8) is 0 Å². The Balaban J connectivity index is 1.58. The molecule has 0 N–H and O–H groups in total. The van der Waals surface area contributed by atoms with Crippen LogP contribution in [-0.2, 0) is 19.6 Å². The first-order chi connectivity index (χ1) is 14.7. The summed E-state index contributed by atoms with van der Waals surface area (Å²) in [6.45, 7) is 8.56. The summed E-state index contributed by atoms with van der Waals surface area (Å²) in [6.07, 6.45) is 1.59. The summed E-state index contributed by atoms with van der Waals surface area (Å²) in [5, 5.41) is 0. The molecular weight excluding hydrogens is 418 g/mol. The van der Waals surface area contributed by atoms with Gasteiger partial charge in [-0.2, -0.15) is 4.31 Å². The molecule has 0 spiro atoms. The van der Waals surface area contributed by atoms with Crippen LogP contribution in [0.1, 0.15) is 33.6 Å². The molecule has 31 heavy (non-hydrogen) atoms. The maximum absolute atomic E-state index is 13.0. The Morgan fingerprint density at radius 2 is 1.68 bits per heavy atom. The van der Waals surface area contributed by atoms with Crippen LogP contribution in [0.15, 0.2) is 29.2 Å². The fraction of sp³-hybridized carbons (Fsp3) is 0.636. The van der Waals surface area contributed by atoms with E-state index in [1.54, 1.807) is 34.1 Å². The smallest absolute Gasteiger partial charge is 0.243 e. The van der Waals surface area contributed by atoms with E-state index in [-0.39, 0.29) is 41.6 Å². The fourth-order valence-corrected chi connectivity index (χ4v) is 5.60. The first kappa shape index (κ1) is 23.5. The van der Waals surface area contributed by atoms with Crippen molar-refractivity contribution in [1.29, 1.82) is 0 Å². The largest absolute Gasteiger partial charge is 0.494 e. The van der Waals surface area contributed by atoms with E-state index in [2.05, 4.69) is 0 Å². The van der Waals surface area contributed by atoms with E-state index in [1.807, 2.05) is 20.8 Å². The molecule has 8 nitrogen and oxygen atoms in total. The van der Waals surface area contributed by atoms with E-state index in [0.29, 0.717) is 38.5 Å². The third-order valence-corrected chi connectivity index (χ3v) is 7.81. The number of hydrogen-bond donors (Lipinski definition) is 0. The van der Waals surface area contributed by atoms with Crippen molar-refractivity contribution >= 4 is 21.8 Å². The lowest BCUT2D eigenvalue weighted by Crippen LogP contribution is -2.54. The Bertz CT molecular complexity index is 877. The highest BCUT2D eigenvalue weighted by molar-refractivity contribution is 7.89. The second kappa shape index (κ2) is 9.99. The molecule has 9 heteroatoms. The minimum atomic E-state index is -3.61. The zero-order valence-electron chi connectivity index (χ0n) is 18.6. The van der Waals surface area contributed by atoms with Crippen LogP contribution in [0.5, 0.6) is 5.75 Å². The Morgan fingerprint density at radius 1 is 1.03 bits per heavy atom. The van der Waals surface area contributed by atoms with E-state index in [0.717, 1.165) is 12.8 Å². The van der Waals surface area contributed by atoms with Gasteiger partial charge in [-0.05, 0) is 44.0 Å². The molecule has 2 fully saturated rings. The minimum Gasteiger partial charge on any atom is -0.494 e. The maximum atomic E-state index is 13.0. The van der Waals surface area contributed by atoms with Gasteiger partial charge in [-0.1, -0.05) is 13.8 Å². The molecule has 1 atom stereocenters. The Kier molecular flexibility index (Phi) is 7.59. The predicted molar refractivity (Wildman–Crippen MR) is 117 cm³/mol. The number of piperazine rings is 1. The third kappa shape index (κ3) is 5.38. The second-order valence-corrected chi connectivity index (χ2v) is 10.3. The van der Waals surface area contributed by atoms with E-state index >= 15 is 0 Å². The van der Waals surface area contributed by atoms with Crippen molar-refractivity contribution in [3.05, 3.63) is 24.3 Å². The molecule has 0 aromatic heterocycles. The quantitative estimate of drug-likeness (QED) is 0.658. The molecule has 0 bridgehead atoms. The molecule has 1 aromatic rings. The molecule has 3 rings (SSSR count). The SMILES string of the molecule is CCOc1ccc(S(=O)(=O)N2CCN(C(=O)C3CCCN(C(=O)C(C)C)C3)CC2)cc1. The van der Waals surface area contributed by atoms with Crippen molar-refractivity contribution in [2.75, 3.05) is 45.9 Å². The van der Waals surface area contributed by atoms with Crippen LogP contribution >= 0.6 is 0 Å². The van der Waals surface area contributed by atoms with Crippen molar-refractivity contribution in [2.45, 2.75) is 38.5 Å². The number of piperidine rings is 1. The van der Waals surface area contributed by atoms with E-state index in [9.17, 15) is 18.0 Å². The normalized spacial score (nSPS) is 20.7. The predicted octanol–water partition coefficient (Wildman–Crippen LogP) is 1.81. The fourth-order valence-electron chi connectivity index (χ4n) is 4.17. The zero-order valence-corrected chi connectivity index (χ0v) is 19.4. The van der Waals surface area contributed by atoms with Gasteiger partial charge in [0.05, 0.1) is 17.4 Å². The lowest BCUT2D eigenvalue weighted by Gasteiger charge is -2.39. The van der Waals surface area contributed by atoms with Gasteiger partial charge in [0.2, 0.25) is 21.8 Å². The summed E-state index contributed by atoms with van der Waals surface area (Å²) in [5.41, 5.74) is 0. The van der Waals surface area contributed by atoms with Gasteiger partial charge in [-0.3, -0.25) is 9.59 Å². The minimum absolute atomic E-state index is 0.0272. The Labute approximate surface area is 185 Å². The van der Waals surface area contributed by atoms with Crippen LogP contribution in [0.3, 0.4) is 0 Å². The molecule has 2 heterocycles. The topological polar surface area (TPSA) is 87.2 Å². The monoisotopic (exact) mass is 451 g/mol. The maximum Gasteiger partial charge on any atom is 0.243 e. The first-order valence-corrected chi connectivity index (χ1v) is 12.5. The van der Waals surface area contributed by atoms with Crippen LogP contribution in [0.25, 0.3) is 0 Å². The molecule has 2 aliphatic heterocycles. The van der Waals surface area contributed by atoms with Crippen molar-refractivity contribution in [3.8, 4) is 5.75 Å². The van der Waals surface area contributed by atoms with Gasteiger partial charge in [0.15, 0.2) is 0 Å². The van der Waals surface area contributed by atoms with Crippen molar-refractivity contribution in [2.24, 2.45) is 11.8 Å². The van der Waals surface area contributed by atoms with Gasteiger partial charge < -0.3 is 14.5 Å². The number of likely N-dealkylation sites (tertiary alicyclic amines) is 1. The first-order valence-electron chi connectivity index (χ1n) is 11.0. The summed E-state index contributed by atoms with van der Waals surface area (Å²) < 4.78 is 32.7. The highest BCUT2D eigenvalue weighted by Crippen LogP contribution is 2.24.